The summed E-state index contributed by atoms with van der Waals surface area (Å²) in [6, 6.07) is -1.67. The van der Waals surface area contributed by atoms with Gasteiger partial charge in [-0.05, 0) is 0 Å². The third-order valence-electron chi connectivity index (χ3n) is 14.9. The minimum absolute atomic E-state index is 0.791. The molecule has 0 radical (unpaired) electrons. The average molecular weight is 1190 g/mol. The minimum Gasteiger partial charge on any atom is -0.394 e. The topological polar surface area (TPSA) is 594 Å². The van der Waals surface area contributed by atoms with Crippen LogP contribution in [0.2, 0.25) is 0 Å². The zero-order valence-electron chi connectivity index (χ0n) is 42.7. The maximum absolute atomic E-state index is 12.1. The number of aliphatic hydroxyl groups is 22. The second-order valence-electron chi connectivity index (χ2n) is 20.3. The van der Waals surface area contributed by atoms with E-state index in [0.29, 0.717) is 0 Å². The largest absolute Gasteiger partial charge is 0.394 e. The van der Waals surface area contributed by atoms with Crippen LogP contribution in [-0.4, -0.2) is 379 Å². The van der Waals surface area contributed by atoms with E-state index in [1.807, 2.05) is 0 Å². The Morgan fingerprint density at radius 1 is 0.321 bits per heavy atom. The van der Waals surface area contributed by atoms with Crippen molar-refractivity contribution in [2.45, 2.75) is 222 Å². The zero-order valence-corrected chi connectivity index (χ0v) is 42.7. The number of hydrogen-bond acceptors (Lipinski definition) is 36. The van der Waals surface area contributed by atoms with Crippen molar-refractivity contribution < 1.29 is 179 Å². The summed E-state index contributed by atoms with van der Waals surface area (Å²) in [6.07, 6.45) is -68.4. The Balaban J connectivity index is 1.17. The summed E-state index contributed by atoms with van der Waals surface area (Å²) >= 11 is 0. The van der Waals surface area contributed by atoms with Gasteiger partial charge in [-0.3, -0.25) is 4.79 Å². The monoisotopic (exact) mass is 1190 g/mol. The maximum atomic E-state index is 12.1. The van der Waals surface area contributed by atoms with Gasteiger partial charge in [0.05, 0.1) is 46.2 Å². The van der Waals surface area contributed by atoms with E-state index in [9.17, 15) is 117 Å². The summed E-state index contributed by atoms with van der Waals surface area (Å²) in [5, 5.41) is 239. The molecule has 23 N–H and O–H groups in total. The maximum Gasteiger partial charge on any atom is 0.217 e. The Morgan fingerprint density at radius 3 is 1.06 bits per heavy atom. The molecule has 7 saturated heterocycles. The standard InChI is InChI=1S/C44H75NO36/c1-9(52)45-17-24(59)33(15(7-51)70-38(17)68)77-42-32(67)35(79-44-37(28(63)21(56)13(5-49)75-44)81-41-30(65)26(61)19(54)11(3-47)73-41)23(58)16(76-42)8-69-39-31(66)34(22(57)14(6-50)71-39)78-43-36(27(62)20(55)12(4-48)74-43)80-40-29(64)25(60)18(53)10(2-46)72-40/h10-44,46-51,53-68H,2-8H2,1H3,(H,45,52)/t10-,11-,12-,13-,14-,15-,16-,17-,18-,19-,20-,21-,22-,23-,24-,25+,26+,27+,28+,29+,30+,31+,32+,33-,34+,35+,36+,37+,38-,39+,40-,41-,42-,43-,44-/m1/s1. The van der Waals surface area contributed by atoms with Gasteiger partial charge in [0.2, 0.25) is 5.91 Å². The lowest BCUT2D eigenvalue weighted by molar-refractivity contribution is -0.399. The highest BCUT2D eigenvalue weighted by Crippen LogP contribution is 2.37. The first-order valence-electron chi connectivity index (χ1n) is 25.6. The summed E-state index contributed by atoms with van der Waals surface area (Å²) in [5.41, 5.74) is 0. The van der Waals surface area contributed by atoms with Crippen molar-refractivity contribution in [2.24, 2.45) is 0 Å². The summed E-state index contributed by atoms with van der Waals surface area (Å²) in [7, 11) is 0. The minimum atomic E-state index is -2.35. The van der Waals surface area contributed by atoms with E-state index in [1.54, 1.807) is 0 Å². The highest BCUT2D eigenvalue weighted by atomic mass is 16.8. The normalized spacial score (nSPS) is 51.9. The van der Waals surface area contributed by atoms with Gasteiger partial charge in [0.1, 0.15) is 171 Å². The van der Waals surface area contributed by atoms with Crippen LogP contribution in [0.3, 0.4) is 0 Å². The first-order valence-corrected chi connectivity index (χ1v) is 25.6. The van der Waals surface area contributed by atoms with E-state index >= 15 is 0 Å². The van der Waals surface area contributed by atoms with E-state index in [1.165, 1.54) is 0 Å². The fraction of sp³-hybridized carbons (Fsp3) is 0.977. The summed E-state index contributed by atoms with van der Waals surface area (Å²) in [4.78, 5) is 12.1. The van der Waals surface area contributed by atoms with Crippen molar-refractivity contribution in [1.29, 1.82) is 0 Å². The molecule has 0 aromatic rings. The van der Waals surface area contributed by atoms with Crippen molar-refractivity contribution in [3.8, 4) is 0 Å². The Labute approximate surface area is 457 Å². The van der Waals surface area contributed by atoms with Crippen LogP contribution in [0.5, 0.6) is 0 Å². The SMILES string of the molecule is CC(=O)N[C@@H]1[C@@H](O)[C@H](O[C@H]2O[C@H](CO[C@H]3O[C@H](CO)[C@@H](O)[C@H](O[C@H]4O[C@H](CO)[C@@H](O)[C@H](O)[C@@H]4O[C@H]4O[C@H](CO)[C@@H](O)[C@H](O)[C@@H]4O)[C@@H]3O)[C@@H](O)[C@H](O[C@H]3O[C@H](CO)[C@@H](O)[C@H](O)[C@@H]3O[C@H]3O[C@H](CO)[C@@H](O)[C@H](O)[C@@H]3O)[C@@H]2O)[C@@H](CO)O[C@H]1O. The predicted octanol–water partition coefficient (Wildman–Crippen LogP) is -16.1. The molecule has 0 aliphatic carbocycles. The van der Waals surface area contributed by atoms with Crippen LogP contribution in [-0.2, 0) is 66.4 Å². The van der Waals surface area contributed by atoms with Gasteiger partial charge in [-0.25, -0.2) is 0 Å². The molecular weight excluding hydrogens is 1120 g/mol. The van der Waals surface area contributed by atoms with Crippen LogP contribution < -0.4 is 5.32 Å². The summed E-state index contributed by atoms with van der Waals surface area (Å²) in [6.45, 7) is -6.04. The van der Waals surface area contributed by atoms with Crippen molar-refractivity contribution >= 4 is 5.91 Å². The molecule has 7 aliphatic rings. The van der Waals surface area contributed by atoms with Crippen molar-refractivity contribution in [1.82, 2.24) is 5.32 Å². The van der Waals surface area contributed by atoms with E-state index in [-0.39, 0.29) is 0 Å². The number of ether oxygens (including phenoxy) is 13. The van der Waals surface area contributed by atoms with Crippen molar-refractivity contribution in [3.05, 3.63) is 0 Å². The van der Waals surface area contributed by atoms with Crippen LogP contribution in [0.15, 0.2) is 0 Å². The third kappa shape index (κ3) is 14.1. The van der Waals surface area contributed by atoms with Crippen molar-refractivity contribution in [3.63, 3.8) is 0 Å². The molecule has 0 spiro atoms. The molecule has 7 aliphatic heterocycles. The molecule has 0 aromatic heterocycles. The van der Waals surface area contributed by atoms with Gasteiger partial charge in [0, 0.05) is 6.92 Å². The number of carbonyl (C=O) groups is 1. The molecule has 0 saturated carbocycles. The number of carbonyl (C=O) groups excluding carboxylic acids is 1. The highest BCUT2D eigenvalue weighted by Gasteiger charge is 2.58. The number of amides is 1. The van der Waals surface area contributed by atoms with Crippen LogP contribution in [0.1, 0.15) is 6.92 Å². The third-order valence-corrected chi connectivity index (χ3v) is 14.9. The van der Waals surface area contributed by atoms with Gasteiger partial charge in [0.15, 0.2) is 44.0 Å². The van der Waals surface area contributed by atoms with Gasteiger partial charge in [-0.2, -0.15) is 0 Å². The first kappa shape index (κ1) is 66.6. The fourth-order valence-corrected chi connectivity index (χ4v) is 10.3. The molecule has 1 amide bonds. The van der Waals surface area contributed by atoms with E-state index in [4.69, 9.17) is 61.6 Å². The molecule has 7 heterocycles. The van der Waals surface area contributed by atoms with Crippen LogP contribution in [0, 0.1) is 0 Å². The van der Waals surface area contributed by atoms with Crippen LogP contribution in [0.25, 0.3) is 0 Å². The molecule has 37 heteroatoms. The fourth-order valence-electron chi connectivity index (χ4n) is 10.3. The number of hydrogen-bond donors (Lipinski definition) is 23. The second-order valence-corrected chi connectivity index (χ2v) is 20.3. The van der Waals surface area contributed by atoms with Gasteiger partial charge in [-0.15, -0.1) is 0 Å². The molecular formula is C44H75NO36. The zero-order chi connectivity index (χ0) is 59.6. The highest BCUT2D eigenvalue weighted by molar-refractivity contribution is 5.73. The molecule has 37 nitrogen and oxygen atoms in total. The molecule has 7 rings (SSSR count). The van der Waals surface area contributed by atoms with Crippen LogP contribution >= 0.6 is 0 Å². The van der Waals surface area contributed by atoms with Gasteiger partial charge in [-0.1, -0.05) is 0 Å². The lowest BCUT2D eigenvalue weighted by atomic mass is 9.95. The van der Waals surface area contributed by atoms with Crippen LogP contribution in [0.4, 0.5) is 0 Å². The molecule has 0 aromatic carbocycles. The molecule has 0 unspecified atom stereocenters. The Kier molecular flexibility index (Phi) is 23.6. The van der Waals surface area contributed by atoms with E-state index in [2.05, 4.69) is 5.32 Å². The molecule has 0 bridgehead atoms. The number of aliphatic hydroxyl groups excluding tert-OH is 22. The van der Waals surface area contributed by atoms with Gasteiger partial charge < -0.3 is 179 Å². The smallest absolute Gasteiger partial charge is 0.217 e. The first-order chi connectivity index (χ1) is 38.3. The molecule has 81 heavy (non-hydrogen) atoms. The van der Waals surface area contributed by atoms with Crippen molar-refractivity contribution in [2.75, 3.05) is 46.2 Å². The van der Waals surface area contributed by atoms with Gasteiger partial charge >= 0.3 is 0 Å². The number of rotatable bonds is 20. The Bertz CT molecular complexity index is 1940. The molecule has 7 fully saturated rings. The lowest BCUT2D eigenvalue weighted by Crippen LogP contribution is -2.69. The summed E-state index contributed by atoms with van der Waals surface area (Å²) < 4.78 is 74.0. The number of nitrogens with one attached hydrogen (secondary N) is 1. The predicted molar refractivity (Wildman–Crippen MR) is 243 cm³/mol. The van der Waals surface area contributed by atoms with E-state index < -0.39 is 267 Å². The lowest BCUT2D eigenvalue weighted by Gasteiger charge is -2.50. The van der Waals surface area contributed by atoms with E-state index in [0.717, 1.165) is 6.92 Å². The molecule has 35 atom stereocenters. The Hall–Kier alpha value is -1.93. The quantitative estimate of drug-likeness (QED) is 0.0538. The second kappa shape index (κ2) is 28.7. The summed E-state index contributed by atoms with van der Waals surface area (Å²) in [5.74, 6) is -0.791. The average Bonchev–Trinajstić information content (AvgIpc) is 3.63. The molecule has 472 valence electrons. The Morgan fingerprint density at radius 2 is 0.642 bits per heavy atom. The van der Waals surface area contributed by atoms with Gasteiger partial charge in [0.25, 0.3) is 0 Å².